The molecule has 0 aliphatic heterocycles. The fourth-order valence-electron chi connectivity index (χ4n) is 0. The molecule has 0 heterocycles. The fourth-order valence-corrected chi connectivity index (χ4v) is 0. The molecule has 0 spiro atoms. The highest BCUT2D eigenvalue weighted by Crippen LogP contribution is 2.25. The van der Waals surface area contributed by atoms with Crippen LogP contribution in [0.3, 0.4) is 0 Å². The van der Waals surface area contributed by atoms with Gasteiger partial charge in [-0.1, -0.05) is 0 Å². The molecule has 0 atom stereocenters. The lowest BCUT2D eigenvalue weighted by molar-refractivity contribution is 0.212. The Morgan fingerprint density at radius 3 is 1.60 bits per heavy atom. The molecule has 0 unspecified atom stereocenters. The third-order valence-corrected chi connectivity index (χ3v) is 0. The van der Waals surface area contributed by atoms with Gasteiger partial charge in [-0.25, -0.2) is 0 Å². The summed E-state index contributed by atoms with van der Waals surface area (Å²) < 4.78 is 18.2. The molecular formula is CBrClF2. The quantitative estimate of drug-likeness (QED) is 0.483. The van der Waals surface area contributed by atoms with E-state index in [1.807, 2.05) is 15.9 Å². The van der Waals surface area contributed by atoms with E-state index < -0.39 is 4.29 Å². The second kappa shape index (κ2) is 1.39. The number of rotatable bonds is 0. The van der Waals surface area contributed by atoms with Crippen LogP contribution in [0.25, 0.3) is 0 Å². The van der Waals surface area contributed by atoms with E-state index in [0.29, 0.717) is 0 Å². The van der Waals surface area contributed by atoms with Crippen LogP contribution in [0.5, 0.6) is 0 Å². The van der Waals surface area contributed by atoms with Crippen LogP contribution in [0, 0.1) is 0 Å². The minimum absolute atomic E-state index is 1.81. The first-order chi connectivity index (χ1) is 2.00. The summed E-state index contributed by atoms with van der Waals surface area (Å²) in [4.78, 5) is 0. The molecule has 0 rings (SSSR count). The summed E-state index contributed by atoms with van der Waals surface area (Å²) in [6, 6.07) is 0. The Bertz CT molecular complexity index is 25.1. The zero-order valence-electron chi connectivity index (χ0n) is 2.01. The summed E-state index contributed by atoms with van der Waals surface area (Å²) in [5, 5.41) is 0. The summed E-state index contributed by atoms with van der Waals surface area (Å²) in [5.41, 5.74) is 0. The van der Waals surface area contributed by atoms with E-state index >= 15 is 0 Å². The van der Waals surface area contributed by atoms with Gasteiger partial charge in [-0.05, 0) is 11.6 Å². The largest absolute Gasteiger partial charge is 0.378 e. The van der Waals surface area contributed by atoms with Gasteiger partial charge in [0.2, 0.25) is 0 Å². The summed E-state index contributed by atoms with van der Waals surface area (Å²) in [6.07, 6.45) is 0. The van der Waals surface area contributed by atoms with Gasteiger partial charge in [0.25, 0.3) is 0 Å². The van der Waals surface area contributed by atoms with E-state index in [-0.39, 0.29) is 0 Å². The zero-order chi connectivity index (χ0) is 4.50. The van der Waals surface area contributed by atoms with Crippen molar-refractivity contribution in [3.05, 3.63) is 0 Å². The molecule has 0 N–H and O–H groups in total. The summed E-state index contributed by atoms with van der Waals surface area (Å²) in [7, 11) is 0. The maximum atomic E-state index is 10.7. The van der Waals surface area contributed by atoms with Crippen molar-refractivity contribution in [2.45, 2.75) is 4.29 Å². The molecular weight excluding hydrogens is 166 g/mol. The first kappa shape index (κ1) is 5.63. The predicted molar refractivity (Wildman–Crippen MR) is 19.7 cm³/mol. The highest BCUT2D eigenvalue weighted by molar-refractivity contribution is 9.10. The van der Waals surface area contributed by atoms with Crippen molar-refractivity contribution >= 4 is 27.5 Å². The minimum atomic E-state index is -3.22. The number of alkyl halides is 4. The number of hydrogen-bond donors (Lipinski definition) is 0. The average molecular weight is 166 g/mol. The van der Waals surface area contributed by atoms with Crippen molar-refractivity contribution in [1.29, 1.82) is 0 Å². The Morgan fingerprint density at radius 2 is 1.60 bits per heavy atom. The van der Waals surface area contributed by atoms with Gasteiger partial charge in [-0.3, -0.25) is 0 Å². The molecule has 0 fully saturated rings. The van der Waals surface area contributed by atoms with Gasteiger partial charge < -0.3 is 0 Å². The van der Waals surface area contributed by atoms with Gasteiger partial charge >= 0.3 is 4.29 Å². The van der Waals surface area contributed by atoms with Crippen LogP contribution in [0.4, 0.5) is 8.78 Å². The van der Waals surface area contributed by atoms with E-state index in [0.717, 1.165) is 0 Å². The standard InChI is InChI=1S/CBrClF2/c2-1(3,4)5/i2+1,3+0. The van der Waals surface area contributed by atoms with Crippen molar-refractivity contribution < 1.29 is 8.78 Å². The van der Waals surface area contributed by atoms with Crippen LogP contribution in [0.2, 0.25) is 0 Å². The summed E-state index contributed by atoms with van der Waals surface area (Å²) in [6.45, 7) is 0. The molecule has 0 aromatic carbocycles. The molecule has 4 heteroatoms. The molecule has 0 aliphatic rings. The van der Waals surface area contributed by atoms with Gasteiger partial charge in [0.15, 0.2) is 0 Å². The number of halogens is 4. The first-order valence-electron chi connectivity index (χ1n) is 0.756. The lowest BCUT2D eigenvalue weighted by atomic mass is 11.7. The highest BCUT2D eigenvalue weighted by Gasteiger charge is 2.16. The molecule has 0 saturated heterocycles. The zero-order valence-corrected chi connectivity index (χ0v) is 4.35. The molecule has 0 amide bonds. The molecule has 0 radical (unpaired) electrons. The molecule has 0 nitrogen and oxygen atoms in total. The highest BCUT2D eigenvalue weighted by atomic mass is 80.9. The fraction of sp³-hybridized carbons (Fsp3) is 1.00. The van der Waals surface area contributed by atoms with Crippen molar-refractivity contribution in [3.8, 4) is 0 Å². The van der Waals surface area contributed by atoms with Crippen LogP contribution < -0.4 is 0 Å². The minimum Gasteiger partial charge on any atom is -0.177 e. The topological polar surface area (TPSA) is 0 Å². The molecule has 0 aliphatic carbocycles. The van der Waals surface area contributed by atoms with Crippen molar-refractivity contribution in [2.75, 3.05) is 0 Å². The van der Waals surface area contributed by atoms with E-state index in [1.54, 1.807) is 0 Å². The van der Waals surface area contributed by atoms with Crippen LogP contribution in [-0.4, -0.2) is 4.29 Å². The summed E-state index contributed by atoms with van der Waals surface area (Å²) in [5.74, 6) is 0. The van der Waals surface area contributed by atoms with Crippen LogP contribution in [0.15, 0.2) is 0 Å². The third kappa shape index (κ3) is 80.7. The van der Waals surface area contributed by atoms with Crippen LogP contribution in [0.1, 0.15) is 0 Å². The SMILES string of the molecule is FC(F)([35Cl])[81Br]. The Hall–Kier alpha value is 0.630. The van der Waals surface area contributed by atoms with E-state index in [1.165, 1.54) is 0 Å². The molecule has 0 aromatic rings. The maximum Gasteiger partial charge on any atom is 0.378 e. The molecule has 0 saturated carbocycles. The third-order valence-electron chi connectivity index (χ3n) is 0. The average Bonchev–Trinajstić information content (AvgIpc) is 0.722. The van der Waals surface area contributed by atoms with Gasteiger partial charge in [0, 0.05) is 15.9 Å². The predicted octanol–water partition coefficient (Wildman–Crippen LogP) is 2.17. The van der Waals surface area contributed by atoms with Gasteiger partial charge in [0.05, 0.1) is 0 Å². The smallest absolute Gasteiger partial charge is 0.177 e. The first-order valence-corrected chi connectivity index (χ1v) is 1.93. The normalized spacial score (nSPS) is 12.0. The monoisotopic (exact) mass is 166 g/mol. The Labute approximate surface area is 41.2 Å². The Kier molecular flexibility index (Phi) is 1.56. The van der Waals surface area contributed by atoms with Crippen molar-refractivity contribution in [3.63, 3.8) is 0 Å². The van der Waals surface area contributed by atoms with Crippen molar-refractivity contribution in [1.82, 2.24) is 0 Å². The Balaban J connectivity index is 3.02. The molecule has 5 heavy (non-hydrogen) atoms. The molecule has 32 valence electrons. The van der Waals surface area contributed by atoms with Gasteiger partial charge in [-0.2, -0.15) is 8.78 Å². The van der Waals surface area contributed by atoms with Gasteiger partial charge in [-0.15, -0.1) is 0 Å². The van der Waals surface area contributed by atoms with E-state index in [2.05, 4.69) is 11.6 Å². The van der Waals surface area contributed by atoms with Crippen LogP contribution >= 0.6 is 27.5 Å². The van der Waals surface area contributed by atoms with E-state index in [9.17, 15) is 8.78 Å². The maximum absolute atomic E-state index is 10.7. The molecule has 0 bridgehead atoms. The lowest BCUT2D eigenvalue weighted by Gasteiger charge is -1.87. The van der Waals surface area contributed by atoms with Crippen molar-refractivity contribution in [2.24, 2.45) is 0 Å². The second-order valence-corrected chi connectivity index (χ2v) is 2.36. The van der Waals surface area contributed by atoms with Crippen LogP contribution in [-0.2, 0) is 0 Å². The lowest BCUT2D eigenvalue weighted by Crippen LogP contribution is -1.85. The number of hydrogen-bond acceptors (Lipinski definition) is 0. The van der Waals surface area contributed by atoms with E-state index in [4.69, 9.17) is 0 Å². The second-order valence-electron chi connectivity index (χ2n) is 0.429. The van der Waals surface area contributed by atoms with Gasteiger partial charge in [0.1, 0.15) is 0 Å². The molecule has 0 aromatic heterocycles. The summed E-state index contributed by atoms with van der Waals surface area (Å²) >= 11 is 5.92. The Morgan fingerprint density at radius 1 is 1.60 bits per heavy atom.